The van der Waals surface area contributed by atoms with Crippen molar-refractivity contribution in [1.29, 1.82) is 0 Å². The van der Waals surface area contributed by atoms with Gasteiger partial charge in [0.15, 0.2) is 0 Å². The van der Waals surface area contributed by atoms with Crippen LogP contribution in [0.5, 0.6) is 0 Å². The average molecular weight is 318 g/mol. The highest BCUT2D eigenvalue weighted by molar-refractivity contribution is 5.94. The zero-order chi connectivity index (χ0) is 16.5. The SMILES string of the molecule is CN(C(=O)c1ccnc(-n2ccnc2)c1)[C@@H]1CCc2ccccc21. The van der Waals surface area contributed by atoms with Gasteiger partial charge in [0.25, 0.3) is 5.91 Å². The van der Waals surface area contributed by atoms with Crippen LogP contribution in [-0.4, -0.2) is 32.4 Å². The van der Waals surface area contributed by atoms with Crippen molar-refractivity contribution in [2.45, 2.75) is 18.9 Å². The summed E-state index contributed by atoms with van der Waals surface area (Å²) < 4.78 is 1.79. The largest absolute Gasteiger partial charge is 0.335 e. The molecular weight excluding hydrogens is 300 g/mol. The Bertz CT molecular complexity index is 873. The van der Waals surface area contributed by atoms with E-state index in [9.17, 15) is 4.79 Å². The van der Waals surface area contributed by atoms with Gasteiger partial charge >= 0.3 is 0 Å². The van der Waals surface area contributed by atoms with E-state index in [1.807, 2.05) is 24.2 Å². The highest BCUT2D eigenvalue weighted by Crippen LogP contribution is 2.35. The van der Waals surface area contributed by atoms with Gasteiger partial charge in [0.2, 0.25) is 0 Å². The first-order valence-electron chi connectivity index (χ1n) is 8.03. The molecule has 1 aliphatic rings. The van der Waals surface area contributed by atoms with Gasteiger partial charge in [0.1, 0.15) is 12.1 Å². The normalized spacial score (nSPS) is 16.0. The summed E-state index contributed by atoms with van der Waals surface area (Å²) in [4.78, 5) is 23.1. The molecule has 0 fully saturated rings. The highest BCUT2D eigenvalue weighted by Gasteiger charge is 2.28. The lowest BCUT2D eigenvalue weighted by Crippen LogP contribution is -2.30. The number of aryl methyl sites for hydroxylation is 1. The first kappa shape index (κ1) is 14.6. The summed E-state index contributed by atoms with van der Waals surface area (Å²) >= 11 is 0. The van der Waals surface area contributed by atoms with Crippen molar-refractivity contribution < 1.29 is 4.79 Å². The maximum atomic E-state index is 12.9. The standard InChI is InChI=1S/C19H18N4O/c1-22(17-7-6-14-4-2-3-5-16(14)17)19(24)15-8-9-21-18(12-15)23-11-10-20-13-23/h2-5,8-13,17H,6-7H2,1H3/t17-/m1/s1. The maximum Gasteiger partial charge on any atom is 0.254 e. The van der Waals surface area contributed by atoms with Crippen LogP contribution in [-0.2, 0) is 6.42 Å². The van der Waals surface area contributed by atoms with Crippen molar-refractivity contribution >= 4 is 5.91 Å². The Morgan fingerprint density at radius 2 is 2.12 bits per heavy atom. The number of carbonyl (C=O) groups is 1. The topological polar surface area (TPSA) is 51.0 Å². The molecule has 2 aromatic heterocycles. The van der Waals surface area contributed by atoms with E-state index < -0.39 is 0 Å². The molecule has 3 aromatic rings. The molecule has 5 nitrogen and oxygen atoms in total. The van der Waals surface area contributed by atoms with E-state index in [0.29, 0.717) is 11.4 Å². The quantitative estimate of drug-likeness (QED) is 0.746. The molecule has 1 amide bonds. The van der Waals surface area contributed by atoms with Crippen LogP contribution in [0.1, 0.15) is 33.9 Å². The zero-order valence-electron chi connectivity index (χ0n) is 13.5. The molecule has 2 heterocycles. The summed E-state index contributed by atoms with van der Waals surface area (Å²) in [5.41, 5.74) is 3.24. The van der Waals surface area contributed by atoms with E-state index in [1.54, 1.807) is 35.4 Å². The summed E-state index contributed by atoms with van der Waals surface area (Å²) in [6, 6.07) is 12.1. The van der Waals surface area contributed by atoms with Crippen molar-refractivity contribution in [3.8, 4) is 5.82 Å². The molecule has 0 aliphatic heterocycles. The zero-order valence-corrected chi connectivity index (χ0v) is 13.5. The number of fused-ring (bicyclic) bond motifs is 1. The smallest absolute Gasteiger partial charge is 0.254 e. The lowest BCUT2D eigenvalue weighted by Gasteiger charge is -2.25. The third-order valence-corrected chi connectivity index (χ3v) is 4.65. The van der Waals surface area contributed by atoms with Gasteiger partial charge in [-0.2, -0.15) is 0 Å². The Morgan fingerprint density at radius 1 is 1.25 bits per heavy atom. The predicted molar refractivity (Wildman–Crippen MR) is 91.0 cm³/mol. The molecule has 4 rings (SSSR count). The molecule has 0 unspecified atom stereocenters. The fraction of sp³-hybridized carbons (Fsp3) is 0.211. The molecule has 0 saturated heterocycles. The minimum atomic E-state index is 0.0143. The Morgan fingerprint density at radius 3 is 2.96 bits per heavy atom. The highest BCUT2D eigenvalue weighted by atomic mass is 16.2. The first-order valence-corrected chi connectivity index (χ1v) is 8.03. The summed E-state index contributed by atoms with van der Waals surface area (Å²) in [6.45, 7) is 0. The lowest BCUT2D eigenvalue weighted by atomic mass is 10.1. The number of hydrogen-bond donors (Lipinski definition) is 0. The van der Waals surface area contributed by atoms with Crippen molar-refractivity contribution in [1.82, 2.24) is 19.4 Å². The predicted octanol–water partition coefficient (Wildman–Crippen LogP) is 3.03. The number of benzene rings is 1. The second-order valence-corrected chi connectivity index (χ2v) is 6.04. The number of nitrogens with zero attached hydrogens (tertiary/aromatic N) is 4. The summed E-state index contributed by atoms with van der Waals surface area (Å²) in [5, 5.41) is 0. The van der Waals surface area contributed by atoms with Crippen LogP contribution in [0.3, 0.4) is 0 Å². The minimum absolute atomic E-state index is 0.0143. The maximum absolute atomic E-state index is 12.9. The van der Waals surface area contributed by atoms with Crippen LogP contribution in [0, 0.1) is 0 Å². The Balaban J connectivity index is 1.61. The van der Waals surface area contributed by atoms with Crippen LogP contribution >= 0.6 is 0 Å². The van der Waals surface area contributed by atoms with Crippen molar-refractivity contribution in [2.75, 3.05) is 7.05 Å². The van der Waals surface area contributed by atoms with E-state index in [0.717, 1.165) is 12.8 Å². The number of aromatic nitrogens is 3. The van der Waals surface area contributed by atoms with Crippen LogP contribution < -0.4 is 0 Å². The number of imidazole rings is 1. The van der Waals surface area contributed by atoms with E-state index in [-0.39, 0.29) is 11.9 Å². The van der Waals surface area contributed by atoms with Gasteiger partial charge in [-0.3, -0.25) is 9.36 Å². The van der Waals surface area contributed by atoms with Crippen LogP contribution in [0.15, 0.2) is 61.3 Å². The van der Waals surface area contributed by atoms with Gasteiger partial charge in [0.05, 0.1) is 6.04 Å². The molecule has 0 saturated carbocycles. The number of carbonyl (C=O) groups excluding carboxylic acids is 1. The number of rotatable bonds is 3. The van der Waals surface area contributed by atoms with E-state index >= 15 is 0 Å². The minimum Gasteiger partial charge on any atom is -0.335 e. The summed E-state index contributed by atoms with van der Waals surface area (Å²) in [6.07, 6.45) is 8.84. The van der Waals surface area contributed by atoms with E-state index in [4.69, 9.17) is 0 Å². The van der Waals surface area contributed by atoms with Gasteiger partial charge in [-0.05, 0) is 36.1 Å². The molecule has 1 aromatic carbocycles. The molecule has 0 N–H and O–H groups in total. The molecule has 1 atom stereocenters. The Kier molecular flexibility index (Phi) is 3.61. The van der Waals surface area contributed by atoms with Gasteiger partial charge in [-0.25, -0.2) is 9.97 Å². The van der Waals surface area contributed by atoms with Gasteiger partial charge in [-0.1, -0.05) is 24.3 Å². The second kappa shape index (κ2) is 5.92. The molecule has 120 valence electrons. The number of amides is 1. The number of pyridine rings is 1. The molecule has 0 bridgehead atoms. The molecule has 5 heteroatoms. The number of hydrogen-bond acceptors (Lipinski definition) is 3. The molecule has 24 heavy (non-hydrogen) atoms. The molecule has 0 spiro atoms. The molecule has 1 aliphatic carbocycles. The Hall–Kier alpha value is -2.95. The fourth-order valence-electron chi connectivity index (χ4n) is 3.37. The third-order valence-electron chi connectivity index (χ3n) is 4.65. The van der Waals surface area contributed by atoms with Crippen LogP contribution in [0.25, 0.3) is 5.82 Å². The van der Waals surface area contributed by atoms with Gasteiger partial charge in [-0.15, -0.1) is 0 Å². The molecular formula is C19H18N4O. The second-order valence-electron chi connectivity index (χ2n) is 6.04. The monoisotopic (exact) mass is 318 g/mol. The van der Waals surface area contributed by atoms with Crippen molar-refractivity contribution in [3.63, 3.8) is 0 Å². The van der Waals surface area contributed by atoms with Crippen LogP contribution in [0.2, 0.25) is 0 Å². The summed E-state index contributed by atoms with van der Waals surface area (Å²) in [7, 11) is 1.88. The average Bonchev–Trinajstić information content (AvgIpc) is 3.30. The Labute approximate surface area is 140 Å². The molecule has 0 radical (unpaired) electrons. The lowest BCUT2D eigenvalue weighted by molar-refractivity contribution is 0.0730. The van der Waals surface area contributed by atoms with Gasteiger partial charge in [0, 0.05) is 31.2 Å². The van der Waals surface area contributed by atoms with Crippen molar-refractivity contribution in [2.24, 2.45) is 0 Å². The van der Waals surface area contributed by atoms with E-state index in [1.165, 1.54) is 11.1 Å². The first-order chi connectivity index (χ1) is 11.7. The third kappa shape index (κ3) is 2.48. The van der Waals surface area contributed by atoms with Gasteiger partial charge < -0.3 is 4.90 Å². The summed E-state index contributed by atoms with van der Waals surface area (Å²) in [5.74, 6) is 0.707. The fourth-order valence-corrected chi connectivity index (χ4v) is 3.37. The van der Waals surface area contributed by atoms with Crippen molar-refractivity contribution in [3.05, 3.63) is 78.0 Å². The van der Waals surface area contributed by atoms with E-state index in [2.05, 4.69) is 28.2 Å². The van der Waals surface area contributed by atoms with Crippen LogP contribution in [0.4, 0.5) is 0 Å².